The van der Waals surface area contributed by atoms with Crippen molar-refractivity contribution in [2.75, 3.05) is 5.32 Å². The molecule has 0 spiro atoms. The fraction of sp³-hybridized carbons (Fsp3) is 0.300. The zero-order valence-electron chi connectivity index (χ0n) is 15.7. The predicted octanol–water partition coefficient (Wildman–Crippen LogP) is 1.92. The second kappa shape index (κ2) is 7.49. The summed E-state index contributed by atoms with van der Waals surface area (Å²) in [5, 5.41) is 3.37. The Morgan fingerprint density at radius 1 is 1.21 bits per heavy atom. The molecular formula is C20H22N6O2. The molecule has 3 aromatic rings. The van der Waals surface area contributed by atoms with Gasteiger partial charge in [-0.05, 0) is 50.6 Å². The van der Waals surface area contributed by atoms with Crippen LogP contribution in [0.25, 0.3) is 10.9 Å². The molecule has 0 aliphatic carbocycles. The Morgan fingerprint density at radius 3 is 2.82 bits per heavy atom. The normalized spacial score (nSPS) is 19.2. The first-order chi connectivity index (χ1) is 13.5. The van der Waals surface area contributed by atoms with Gasteiger partial charge in [0.25, 0.3) is 5.56 Å². The van der Waals surface area contributed by atoms with E-state index in [4.69, 9.17) is 0 Å². The summed E-state index contributed by atoms with van der Waals surface area (Å²) in [6, 6.07) is 10.5. The number of carbonyl (C=O) groups is 1. The van der Waals surface area contributed by atoms with E-state index in [9.17, 15) is 9.59 Å². The van der Waals surface area contributed by atoms with E-state index < -0.39 is 6.04 Å². The van der Waals surface area contributed by atoms with Crippen molar-refractivity contribution < 1.29 is 4.79 Å². The van der Waals surface area contributed by atoms with E-state index in [1.165, 1.54) is 0 Å². The molecule has 1 amide bonds. The number of hydrazine groups is 1. The first-order valence-corrected chi connectivity index (χ1v) is 9.26. The van der Waals surface area contributed by atoms with Crippen molar-refractivity contribution >= 4 is 22.5 Å². The first kappa shape index (κ1) is 18.3. The van der Waals surface area contributed by atoms with Crippen LogP contribution in [0.3, 0.4) is 0 Å². The van der Waals surface area contributed by atoms with Gasteiger partial charge in [-0.25, -0.2) is 15.8 Å². The highest BCUT2D eigenvalue weighted by Gasteiger charge is 2.30. The van der Waals surface area contributed by atoms with Gasteiger partial charge in [0.2, 0.25) is 5.91 Å². The van der Waals surface area contributed by atoms with Crippen LogP contribution in [0.2, 0.25) is 0 Å². The smallest absolute Gasteiger partial charge is 0.261 e. The molecule has 1 saturated heterocycles. The lowest BCUT2D eigenvalue weighted by Gasteiger charge is -2.12. The Bertz CT molecular complexity index is 1060. The number of nitrogens with one attached hydrogen (secondary N) is 3. The molecule has 4 rings (SSSR count). The van der Waals surface area contributed by atoms with Crippen molar-refractivity contribution in [2.24, 2.45) is 0 Å². The number of carbonyl (C=O) groups excluding carboxylic acids is 1. The number of pyridine rings is 1. The summed E-state index contributed by atoms with van der Waals surface area (Å²) in [7, 11) is 0. The summed E-state index contributed by atoms with van der Waals surface area (Å²) in [6.07, 6.45) is 3.87. The lowest BCUT2D eigenvalue weighted by molar-refractivity contribution is -0.117. The molecule has 1 aliphatic heterocycles. The van der Waals surface area contributed by atoms with Gasteiger partial charge in [0.1, 0.15) is 6.04 Å². The van der Waals surface area contributed by atoms with E-state index in [1.54, 1.807) is 35.3 Å². The number of anilines is 1. The summed E-state index contributed by atoms with van der Waals surface area (Å²) in [5.41, 5.74) is 8.07. The minimum Gasteiger partial charge on any atom is -0.325 e. The van der Waals surface area contributed by atoms with Crippen LogP contribution < -0.4 is 21.7 Å². The van der Waals surface area contributed by atoms with Crippen LogP contribution in [0.5, 0.6) is 0 Å². The maximum absolute atomic E-state index is 12.7. The van der Waals surface area contributed by atoms with Gasteiger partial charge in [0.05, 0.1) is 29.0 Å². The van der Waals surface area contributed by atoms with Crippen molar-refractivity contribution in [2.45, 2.75) is 38.4 Å². The van der Waals surface area contributed by atoms with Gasteiger partial charge in [0.15, 0.2) is 0 Å². The number of aromatic nitrogens is 3. The third-order valence-corrected chi connectivity index (χ3v) is 4.87. The Kier molecular flexibility index (Phi) is 4.89. The Morgan fingerprint density at radius 2 is 2.07 bits per heavy atom. The van der Waals surface area contributed by atoms with Crippen LogP contribution in [0.4, 0.5) is 5.69 Å². The van der Waals surface area contributed by atoms with Crippen LogP contribution >= 0.6 is 0 Å². The molecule has 8 nitrogen and oxygen atoms in total. The number of hydrogen-bond donors (Lipinski definition) is 3. The van der Waals surface area contributed by atoms with E-state index in [2.05, 4.69) is 26.1 Å². The molecule has 144 valence electrons. The molecule has 1 fully saturated rings. The van der Waals surface area contributed by atoms with Gasteiger partial charge in [-0.1, -0.05) is 6.07 Å². The topological polar surface area (TPSA) is 101 Å². The van der Waals surface area contributed by atoms with E-state index in [1.807, 2.05) is 32.0 Å². The van der Waals surface area contributed by atoms with Crippen molar-refractivity contribution in [3.05, 3.63) is 65.0 Å². The highest BCUT2D eigenvalue weighted by Crippen LogP contribution is 2.22. The number of benzene rings is 1. The monoisotopic (exact) mass is 378 g/mol. The zero-order chi connectivity index (χ0) is 19.7. The molecule has 3 N–H and O–H groups in total. The Labute approximate surface area is 162 Å². The zero-order valence-corrected chi connectivity index (χ0v) is 15.7. The van der Waals surface area contributed by atoms with Crippen LogP contribution in [-0.4, -0.2) is 26.5 Å². The largest absolute Gasteiger partial charge is 0.325 e. The lowest BCUT2D eigenvalue weighted by atomic mass is 10.1. The molecule has 1 aromatic carbocycles. The van der Waals surface area contributed by atoms with Crippen molar-refractivity contribution in [1.82, 2.24) is 25.4 Å². The molecule has 28 heavy (non-hydrogen) atoms. The maximum atomic E-state index is 12.7. The second-order valence-electron chi connectivity index (χ2n) is 7.16. The molecule has 0 saturated carbocycles. The summed E-state index contributed by atoms with van der Waals surface area (Å²) in [5.74, 6) is -0.168. The maximum Gasteiger partial charge on any atom is 0.261 e. The number of hydrogen-bond acceptors (Lipinski definition) is 6. The summed E-state index contributed by atoms with van der Waals surface area (Å²) in [6.45, 7) is 3.86. The summed E-state index contributed by atoms with van der Waals surface area (Å²) < 4.78 is 1.58. The number of rotatable bonds is 4. The van der Waals surface area contributed by atoms with Gasteiger partial charge >= 0.3 is 0 Å². The van der Waals surface area contributed by atoms with E-state index in [0.29, 0.717) is 23.0 Å². The first-order valence-electron chi connectivity index (χ1n) is 9.26. The molecule has 2 aromatic heterocycles. The molecule has 2 atom stereocenters. The van der Waals surface area contributed by atoms with Gasteiger partial charge in [-0.3, -0.25) is 19.1 Å². The number of nitrogens with zero attached hydrogens (tertiary/aromatic N) is 3. The Hall–Kier alpha value is -3.10. The minimum atomic E-state index is -0.399. The van der Waals surface area contributed by atoms with Gasteiger partial charge in [0, 0.05) is 17.9 Å². The molecular weight excluding hydrogens is 356 g/mol. The highest BCUT2D eigenvalue weighted by atomic mass is 16.2. The van der Waals surface area contributed by atoms with Crippen LogP contribution in [0.15, 0.2) is 53.7 Å². The van der Waals surface area contributed by atoms with E-state index in [0.717, 1.165) is 5.69 Å². The van der Waals surface area contributed by atoms with Crippen LogP contribution in [0.1, 0.15) is 38.0 Å². The molecule has 1 aliphatic rings. The SMILES string of the molecule is CC(C)n1cnc2ccc(NC(=O)C3CC(c4ccccn4)NN3)cc2c1=O. The van der Waals surface area contributed by atoms with Gasteiger partial charge in [-0.15, -0.1) is 0 Å². The second-order valence-corrected chi connectivity index (χ2v) is 7.16. The van der Waals surface area contributed by atoms with E-state index >= 15 is 0 Å². The quantitative estimate of drug-likeness (QED) is 0.641. The van der Waals surface area contributed by atoms with Crippen LogP contribution in [0, 0.1) is 0 Å². The predicted molar refractivity (Wildman–Crippen MR) is 107 cm³/mol. The fourth-order valence-electron chi connectivity index (χ4n) is 3.31. The minimum absolute atomic E-state index is 0.0138. The molecule has 8 heteroatoms. The fourth-order valence-corrected chi connectivity index (χ4v) is 3.31. The van der Waals surface area contributed by atoms with Crippen molar-refractivity contribution in [3.63, 3.8) is 0 Å². The van der Waals surface area contributed by atoms with Crippen LogP contribution in [-0.2, 0) is 4.79 Å². The average molecular weight is 378 g/mol. The number of amides is 1. The third-order valence-electron chi connectivity index (χ3n) is 4.87. The molecule has 3 heterocycles. The van der Waals surface area contributed by atoms with Gasteiger partial charge < -0.3 is 5.32 Å². The van der Waals surface area contributed by atoms with Gasteiger partial charge in [-0.2, -0.15) is 0 Å². The summed E-state index contributed by atoms with van der Waals surface area (Å²) in [4.78, 5) is 34.0. The number of fused-ring (bicyclic) bond motifs is 1. The lowest BCUT2D eigenvalue weighted by Crippen LogP contribution is -2.39. The van der Waals surface area contributed by atoms with Crippen molar-refractivity contribution in [1.29, 1.82) is 0 Å². The Balaban J connectivity index is 1.51. The van der Waals surface area contributed by atoms with E-state index in [-0.39, 0.29) is 23.6 Å². The highest BCUT2D eigenvalue weighted by molar-refractivity contribution is 5.96. The molecule has 2 unspecified atom stereocenters. The van der Waals surface area contributed by atoms with Crippen molar-refractivity contribution in [3.8, 4) is 0 Å². The molecule has 0 radical (unpaired) electrons. The average Bonchev–Trinajstić information content (AvgIpc) is 3.19. The standard InChI is InChI=1S/C20H22N6O2/c1-12(2)26-11-22-15-7-6-13(9-14(15)20(26)28)23-19(27)18-10-17(24-25-18)16-5-3-4-8-21-16/h3-9,11-12,17-18,24-25H,10H2,1-2H3,(H,23,27). The third kappa shape index (κ3) is 3.51. The molecule has 0 bridgehead atoms. The summed E-state index contributed by atoms with van der Waals surface area (Å²) >= 11 is 0.